The molecule has 3 saturated heterocycles. The topological polar surface area (TPSA) is 144 Å². The smallest absolute Gasteiger partial charge is 0.300 e. The summed E-state index contributed by atoms with van der Waals surface area (Å²) in [6, 6.07) is 18.3. The van der Waals surface area contributed by atoms with Gasteiger partial charge in [-0.15, -0.1) is 0 Å². The number of pyridine rings is 2. The first kappa shape index (κ1) is 29.5. The van der Waals surface area contributed by atoms with Crippen LogP contribution in [-0.4, -0.2) is 79.0 Å². The highest BCUT2D eigenvalue weighted by atomic mass is 16.5. The number of aliphatic carboxylic acids is 1. The third-order valence-electron chi connectivity index (χ3n) is 7.36. The molecule has 0 aliphatic carbocycles. The maximum absolute atomic E-state index is 13.0. The zero-order valence-electron chi connectivity index (χ0n) is 24.3. The number of ether oxygens (including phenoxy) is 1. The molecule has 3 aromatic heterocycles. The third-order valence-corrected chi connectivity index (χ3v) is 7.36. The molecule has 6 heterocycles. The van der Waals surface area contributed by atoms with E-state index in [1.807, 2.05) is 48.5 Å². The average Bonchev–Trinajstić information content (AvgIpc) is 3.39. The third kappa shape index (κ3) is 6.76. The van der Waals surface area contributed by atoms with Crippen LogP contribution >= 0.6 is 0 Å². The summed E-state index contributed by atoms with van der Waals surface area (Å²) in [5, 5.41) is 31.5. The van der Waals surface area contributed by atoms with E-state index in [1.54, 1.807) is 30.8 Å². The fourth-order valence-electron chi connectivity index (χ4n) is 5.54. The molecular weight excluding hydrogens is 548 g/mol. The van der Waals surface area contributed by atoms with Crippen molar-refractivity contribution < 1.29 is 24.5 Å². The number of amides is 1. The number of hydrogen-bond donors (Lipinski definition) is 2. The van der Waals surface area contributed by atoms with Gasteiger partial charge in [-0.1, -0.05) is 30.3 Å². The number of aromatic nitrogens is 3. The van der Waals surface area contributed by atoms with Gasteiger partial charge in [-0.05, 0) is 44.0 Å². The number of piperazine rings is 1. The van der Waals surface area contributed by atoms with E-state index in [-0.39, 0.29) is 24.6 Å². The van der Waals surface area contributed by atoms with Crippen LogP contribution in [0.25, 0.3) is 16.6 Å². The summed E-state index contributed by atoms with van der Waals surface area (Å²) in [6.45, 7) is 6.08. The second-order valence-electron chi connectivity index (χ2n) is 11.5. The summed E-state index contributed by atoms with van der Waals surface area (Å²) < 4.78 is 7.46. The predicted molar refractivity (Wildman–Crippen MR) is 160 cm³/mol. The molecule has 7 rings (SSSR count). The number of hydrogen-bond acceptors (Lipinski definition) is 8. The second kappa shape index (κ2) is 12.1. The summed E-state index contributed by atoms with van der Waals surface area (Å²) in [5.41, 5.74) is 2.79. The SMILES string of the molecule is CC(=O)O.CC(C)(O)COc1cc(-c2ccc(N3CC4CC(C3)N4C(=O)Cc3ccccc3)nc2)c2c(C#N)cnn2c1. The zero-order valence-corrected chi connectivity index (χ0v) is 24.3. The standard InChI is InChI=1S/C30H30N6O3.C2H4O2/c1-30(2,38)19-39-25-12-26(29-22(13-31)15-33-35(29)18-25)21-8-9-27(32-14-21)34-16-23-11-24(17-34)36(23)28(37)10-20-6-4-3-5-7-20;1-2(3)4/h3-9,12,14-15,18,23-24,38H,10-11,16-17,19H2,1-2H3;1H3,(H,3,4). The maximum atomic E-state index is 13.0. The van der Waals surface area contributed by atoms with Crippen LogP contribution < -0.4 is 9.64 Å². The number of carbonyl (C=O) groups is 2. The first-order valence-corrected chi connectivity index (χ1v) is 14.0. The number of rotatable bonds is 7. The molecule has 11 nitrogen and oxygen atoms in total. The Morgan fingerprint density at radius 3 is 2.42 bits per heavy atom. The molecule has 3 aliphatic rings. The Hall–Kier alpha value is -4.95. The molecule has 0 spiro atoms. The van der Waals surface area contributed by atoms with Crippen molar-refractivity contribution in [1.29, 1.82) is 5.26 Å². The Morgan fingerprint density at radius 1 is 1.12 bits per heavy atom. The van der Waals surface area contributed by atoms with E-state index >= 15 is 0 Å². The molecule has 0 saturated carbocycles. The number of carbonyl (C=O) groups excluding carboxylic acids is 1. The van der Waals surface area contributed by atoms with Crippen molar-refractivity contribution >= 4 is 23.2 Å². The largest absolute Gasteiger partial charge is 0.489 e. The molecule has 11 heteroatoms. The van der Waals surface area contributed by atoms with E-state index in [4.69, 9.17) is 19.6 Å². The van der Waals surface area contributed by atoms with Crippen molar-refractivity contribution in [2.75, 3.05) is 24.6 Å². The molecule has 2 N–H and O–H groups in total. The molecule has 1 amide bonds. The molecule has 222 valence electrons. The molecule has 0 radical (unpaired) electrons. The van der Waals surface area contributed by atoms with Crippen molar-refractivity contribution in [2.24, 2.45) is 0 Å². The van der Waals surface area contributed by atoms with Gasteiger partial charge in [-0.2, -0.15) is 10.4 Å². The van der Waals surface area contributed by atoms with Crippen LogP contribution in [0, 0.1) is 11.3 Å². The van der Waals surface area contributed by atoms with Gasteiger partial charge in [0.15, 0.2) is 0 Å². The van der Waals surface area contributed by atoms with Gasteiger partial charge in [0, 0.05) is 37.3 Å². The summed E-state index contributed by atoms with van der Waals surface area (Å²) in [7, 11) is 0. The van der Waals surface area contributed by atoms with Crippen LogP contribution in [0.1, 0.15) is 38.3 Å². The van der Waals surface area contributed by atoms with Crippen molar-refractivity contribution in [1.82, 2.24) is 19.5 Å². The Bertz CT molecular complexity index is 1640. The van der Waals surface area contributed by atoms with E-state index in [9.17, 15) is 15.2 Å². The van der Waals surface area contributed by atoms with Crippen molar-refractivity contribution in [2.45, 2.75) is 51.3 Å². The molecule has 2 bridgehead atoms. The molecular formula is C32H34N6O5. The van der Waals surface area contributed by atoms with E-state index in [1.165, 1.54) is 6.20 Å². The average molecular weight is 583 g/mol. The highest BCUT2D eigenvalue weighted by Crippen LogP contribution is 2.36. The molecule has 4 aromatic rings. The minimum absolute atomic E-state index is 0.115. The summed E-state index contributed by atoms with van der Waals surface area (Å²) in [6.07, 6.45) is 6.51. The number of piperidine rings is 1. The lowest BCUT2D eigenvalue weighted by Gasteiger charge is -2.56. The van der Waals surface area contributed by atoms with Gasteiger partial charge in [-0.3, -0.25) is 9.59 Å². The zero-order chi connectivity index (χ0) is 30.7. The Balaban J connectivity index is 0.000000868. The van der Waals surface area contributed by atoms with Gasteiger partial charge in [0.1, 0.15) is 24.2 Å². The van der Waals surface area contributed by atoms with Crippen LogP contribution in [0.5, 0.6) is 5.75 Å². The Kier molecular flexibility index (Phi) is 8.32. The normalized spacial score (nSPS) is 17.4. The van der Waals surface area contributed by atoms with Crippen molar-refractivity contribution in [3.8, 4) is 22.9 Å². The number of carboxylic acids is 1. The van der Waals surface area contributed by atoms with E-state index in [2.05, 4.69) is 21.0 Å². The lowest BCUT2D eigenvalue weighted by molar-refractivity contribution is -0.145. The monoisotopic (exact) mass is 582 g/mol. The number of benzene rings is 1. The lowest BCUT2D eigenvalue weighted by atomic mass is 9.86. The van der Waals surface area contributed by atoms with Gasteiger partial charge >= 0.3 is 0 Å². The van der Waals surface area contributed by atoms with E-state index in [0.29, 0.717) is 23.3 Å². The first-order chi connectivity index (χ1) is 20.5. The number of nitriles is 1. The highest BCUT2D eigenvalue weighted by Gasteiger charge is 2.47. The predicted octanol–water partition coefficient (Wildman–Crippen LogP) is 3.54. The Labute approximate surface area is 249 Å². The molecule has 3 fully saturated rings. The van der Waals surface area contributed by atoms with Crippen molar-refractivity contribution in [3.63, 3.8) is 0 Å². The van der Waals surface area contributed by atoms with Gasteiger partial charge < -0.3 is 24.7 Å². The first-order valence-electron chi connectivity index (χ1n) is 14.0. The number of carboxylic acid groups (broad SMARTS) is 1. The quantitative estimate of drug-likeness (QED) is 0.334. The lowest BCUT2D eigenvalue weighted by Crippen LogP contribution is -2.70. The Morgan fingerprint density at radius 2 is 1.81 bits per heavy atom. The van der Waals surface area contributed by atoms with Crippen LogP contribution in [-0.2, 0) is 16.0 Å². The molecule has 3 aliphatic heterocycles. The maximum Gasteiger partial charge on any atom is 0.300 e. The number of anilines is 1. The van der Waals surface area contributed by atoms with Gasteiger partial charge in [0.05, 0.1) is 47.6 Å². The van der Waals surface area contributed by atoms with Crippen LogP contribution in [0.3, 0.4) is 0 Å². The minimum Gasteiger partial charge on any atom is -0.489 e. The minimum atomic E-state index is -0.989. The number of aliphatic hydroxyl groups is 1. The molecule has 43 heavy (non-hydrogen) atoms. The summed E-state index contributed by atoms with van der Waals surface area (Å²) >= 11 is 0. The van der Waals surface area contributed by atoms with E-state index in [0.717, 1.165) is 48.9 Å². The summed E-state index contributed by atoms with van der Waals surface area (Å²) in [4.78, 5) is 31.0. The molecule has 1 aromatic carbocycles. The van der Waals surface area contributed by atoms with Crippen LogP contribution in [0.4, 0.5) is 5.82 Å². The van der Waals surface area contributed by atoms with Crippen LogP contribution in [0.15, 0.2) is 67.1 Å². The van der Waals surface area contributed by atoms with Gasteiger partial charge in [0.2, 0.25) is 5.91 Å². The molecule has 2 unspecified atom stereocenters. The number of fused-ring (bicyclic) bond motifs is 3. The highest BCUT2D eigenvalue weighted by molar-refractivity contribution is 5.85. The summed E-state index contributed by atoms with van der Waals surface area (Å²) in [5.74, 6) is 0.756. The molecule has 2 atom stereocenters. The van der Waals surface area contributed by atoms with Crippen LogP contribution in [0.2, 0.25) is 0 Å². The second-order valence-corrected chi connectivity index (χ2v) is 11.5. The van der Waals surface area contributed by atoms with E-state index < -0.39 is 11.6 Å². The number of nitrogens with zero attached hydrogens (tertiary/aromatic N) is 6. The van der Waals surface area contributed by atoms with Crippen molar-refractivity contribution in [3.05, 3.63) is 78.2 Å². The van der Waals surface area contributed by atoms with Gasteiger partial charge in [-0.25, -0.2) is 9.50 Å². The fraction of sp³-hybridized carbons (Fsp3) is 0.344. The van der Waals surface area contributed by atoms with Gasteiger partial charge in [0.25, 0.3) is 5.97 Å². The fourth-order valence-corrected chi connectivity index (χ4v) is 5.54.